The second kappa shape index (κ2) is 9.45. The van der Waals surface area contributed by atoms with Gasteiger partial charge in [0.25, 0.3) is 0 Å². The number of hydroxylamine groups is 1. The Morgan fingerprint density at radius 2 is 1.51 bits per heavy atom. The quantitative estimate of drug-likeness (QED) is 0.245. The topological polar surface area (TPSA) is 58.8 Å². The highest BCUT2D eigenvalue weighted by Gasteiger charge is 2.46. The number of halogens is 5. The van der Waals surface area contributed by atoms with E-state index in [4.69, 9.17) is 67.4 Å². The number of aryl methyl sites for hydroxylation is 1. The fourth-order valence-corrected chi connectivity index (χ4v) is 5.00. The van der Waals surface area contributed by atoms with Crippen molar-refractivity contribution in [2.45, 2.75) is 13.1 Å². The van der Waals surface area contributed by atoms with Crippen molar-refractivity contribution < 1.29 is 14.2 Å². The molecule has 4 aromatic rings. The lowest BCUT2D eigenvalue weighted by molar-refractivity contribution is 0.164. The van der Waals surface area contributed by atoms with Crippen molar-refractivity contribution in [1.29, 1.82) is 0 Å². The van der Waals surface area contributed by atoms with Gasteiger partial charge in [0.2, 0.25) is 0 Å². The molecular weight excluding hydrogens is 556 g/mol. The molecule has 11 heteroatoms. The molecule has 1 fully saturated rings. The van der Waals surface area contributed by atoms with Crippen LogP contribution in [0.5, 0.6) is 0 Å². The van der Waals surface area contributed by atoms with Crippen LogP contribution in [0.3, 0.4) is 0 Å². The van der Waals surface area contributed by atoms with E-state index in [2.05, 4.69) is 5.16 Å². The van der Waals surface area contributed by atoms with Crippen LogP contribution < -0.4 is 9.96 Å². The largest absolute Gasteiger partial charge is 0.441 e. The number of hydrogen-bond acceptors (Lipinski definition) is 5. The Morgan fingerprint density at radius 3 is 2.20 bits per heavy atom. The third-order valence-electron chi connectivity index (χ3n) is 5.45. The van der Waals surface area contributed by atoms with Crippen molar-refractivity contribution in [3.8, 4) is 11.3 Å². The summed E-state index contributed by atoms with van der Waals surface area (Å²) in [6, 6.07) is 17.0. The van der Waals surface area contributed by atoms with E-state index in [9.17, 15) is 4.79 Å². The lowest BCUT2D eigenvalue weighted by Crippen LogP contribution is -2.32. The van der Waals surface area contributed by atoms with Crippen LogP contribution in [0.2, 0.25) is 25.1 Å². The molecule has 0 aliphatic carbocycles. The minimum atomic E-state index is -0.855. The van der Waals surface area contributed by atoms with Crippen molar-refractivity contribution in [3.63, 3.8) is 0 Å². The molecule has 3 aromatic carbocycles. The van der Waals surface area contributed by atoms with Crippen LogP contribution in [-0.2, 0) is 4.84 Å². The van der Waals surface area contributed by atoms with Gasteiger partial charge in [0.1, 0.15) is 11.4 Å². The van der Waals surface area contributed by atoms with Gasteiger partial charge in [-0.25, -0.2) is 9.69 Å². The average molecular weight is 570 g/mol. The maximum Gasteiger partial charge on any atom is 0.441 e. The monoisotopic (exact) mass is 567 g/mol. The molecule has 1 atom stereocenters. The summed E-state index contributed by atoms with van der Waals surface area (Å²) < 4.78 is 5.50. The van der Waals surface area contributed by atoms with Crippen LogP contribution in [-0.4, -0.2) is 11.2 Å². The molecule has 0 unspecified atom stereocenters. The van der Waals surface area contributed by atoms with E-state index < -0.39 is 12.3 Å². The smallest absolute Gasteiger partial charge is 0.359 e. The third kappa shape index (κ3) is 4.20. The number of carbonyl (C=O) groups is 1. The number of nitrogens with zero attached hydrogens (tertiary/aromatic N) is 3. The molecular formula is C24H14Cl5N3O3. The Kier molecular flexibility index (Phi) is 6.51. The summed E-state index contributed by atoms with van der Waals surface area (Å²) in [6.45, 7) is 1.68. The molecule has 178 valence electrons. The number of carbonyl (C=O) groups excluding carboxylic acids is 1. The summed E-state index contributed by atoms with van der Waals surface area (Å²) in [7, 11) is 0. The molecule has 0 spiro atoms. The first kappa shape index (κ1) is 24.1. The lowest BCUT2D eigenvalue weighted by Gasteiger charge is -2.28. The molecule has 1 saturated heterocycles. The Bertz CT molecular complexity index is 1440. The van der Waals surface area contributed by atoms with Crippen molar-refractivity contribution >= 4 is 75.5 Å². The Morgan fingerprint density at radius 1 is 0.829 bits per heavy atom. The first-order valence-corrected chi connectivity index (χ1v) is 12.1. The number of benzene rings is 3. The molecule has 0 saturated carbocycles. The standard InChI is InChI=1S/C24H14Cl5N3O3/c1-12-22(21(30-34-12)20-17(27)7-4-8-18(20)28)31-23(14-5-2-3-6-15(14)25)32(35-24(31)33)13-9-10-16(26)19(29)11-13/h2-11,23H,1H3/t23-/m1/s1. The van der Waals surface area contributed by atoms with E-state index in [-0.39, 0.29) is 5.69 Å². The molecule has 0 bridgehead atoms. The predicted molar refractivity (Wildman–Crippen MR) is 139 cm³/mol. The van der Waals surface area contributed by atoms with E-state index in [1.807, 2.05) is 6.07 Å². The van der Waals surface area contributed by atoms with Crippen LogP contribution in [0.1, 0.15) is 17.5 Å². The van der Waals surface area contributed by atoms with E-state index in [0.717, 1.165) is 0 Å². The number of rotatable bonds is 4. The molecule has 0 N–H and O–H groups in total. The predicted octanol–water partition coefficient (Wildman–Crippen LogP) is 8.99. The van der Waals surface area contributed by atoms with Crippen LogP contribution >= 0.6 is 58.0 Å². The van der Waals surface area contributed by atoms with Gasteiger partial charge in [0, 0.05) is 16.1 Å². The summed E-state index contributed by atoms with van der Waals surface area (Å²) >= 11 is 31.9. The van der Waals surface area contributed by atoms with Crippen LogP contribution in [0.25, 0.3) is 11.3 Å². The normalized spacial score (nSPS) is 15.6. The Hall–Kier alpha value is -2.61. The Balaban J connectivity index is 1.73. The molecule has 5 rings (SSSR count). The fourth-order valence-electron chi connectivity index (χ4n) is 3.90. The molecule has 1 aliphatic rings. The van der Waals surface area contributed by atoms with Gasteiger partial charge in [-0.2, -0.15) is 5.06 Å². The zero-order chi connectivity index (χ0) is 24.9. The lowest BCUT2D eigenvalue weighted by atomic mass is 10.1. The third-order valence-corrected chi connectivity index (χ3v) is 7.17. The van der Waals surface area contributed by atoms with Gasteiger partial charge in [-0.15, -0.1) is 0 Å². The summed E-state index contributed by atoms with van der Waals surface area (Å²) in [5.41, 5.74) is 2.09. The molecule has 1 aromatic heterocycles. The first-order valence-electron chi connectivity index (χ1n) is 10.2. The highest BCUT2D eigenvalue weighted by atomic mass is 35.5. The number of anilines is 2. The molecule has 35 heavy (non-hydrogen) atoms. The SMILES string of the molecule is Cc1onc(-c2c(Cl)cccc2Cl)c1N1C(=O)ON(c2ccc(Cl)c(Cl)c2)[C@@H]1c1ccccc1Cl. The van der Waals surface area contributed by atoms with Gasteiger partial charge in [-0.3, -0.25) is 0 Å². The van der Waals surface area contributed by atoms with Gasteiger partial charge in [-0.05, 0) is 43.3 Å². The van der Waals surface area contributed by atoms with Crippen LogP contribution in [0.4, 0.5) is 16.2 Å². The molecule has 6 nitrogen and oxygen atoms in total. The van der Waals surface area contributed by atoms with Gasteiger partial charge >= 0.3 is 6.09 Å². The average Bonchev–Trinajstić information content (AvgIpc) is 3.35. The molecule has 2 heterocycles. The van der Waals surface area contributed by atoms with E-state index >= 15 is 0 Å². The van der Waals surface area contributed by atoms with Crippen molar-refractivity contribution in [3.05, 3.63) is 97.1 Å². The summed E-state index contributed by atoms with van der Waals surface area (Å²) in [4.78, 5) is 20.6. The van der Waals surface area contributed by atoms with Gasteiger partial charge in [0.05, 0.1) is 25.8 Å². The number of aromatic nitrogens is 1. The minimum Gasteiger partial charge on any atom is -0.359 e. The van der Waals surface area contributed by atoms with E-state index in [0.29, 0.717) is 53.4 Å². The maximum atomic E-state index is 13.4. The second-order valence-corrected chi connectivity index (χ2v) is 9.62. The maximum absolute atomic E-state index is 13.4. The highest BCUT2D eigenvalue weighted by Crippen LogP contribution is 2.48. The summed E-state index contributed by atoms with van der Waals surface area (Å²) in [6.07, 6.45) is -1.55. The Labute approximate surface area is 225 Å². The highest BCUT2D eigenvalue weighted by molar-refractivity contribution is 6.42. The van der Waals surface area contributed by atoms with E-state index in [1.54, 1.807) is 61.5 Å². The fraction of sp³-hybridized carbons (Fsp3) is 0.0833. The first-order chi connectivity index (χ1) is 16.8. The minimum absolute atomic E-state index is 0.281. The second-order valence-electron chi connectivity index (χ2n) is 7.58. The van der Waals surface area contributed by atoms with Gasteiger partial charge in [0.15, 0.2) is 11.9 Å². The van der Waals surface area contributed by atoms with Crippen molar-refractivity contribution in [2.75, 3.05) is 9.96 Å². The zero-order valence-electron chi connectivity index (χ0n) is 17.8. The van der Waals surface area contributed by atoms with Gasteiger partial charge in [-0.1, -0.05) is 87.4 Å². The molecule has 0 radical (unpaired) electrons. The molecule has 1 aliphatic heterocycles. The van der Waals surface area contributed by atoms with Crippen molar-refractivity contribution in [1.82, 2.24) is 5.16 Å². The van der Waals surface area contributed by atoms with E-state index in [1.165, 1.54) is 9.96 Å². The summed E-state index contributed by atoms with van der Waals surface area (Å²) in [5, 5.41) is 7.33. The van der Waals surface area contributed by atoms with Crippen LogP contribution in [0.15, 0.2) is 65.2 Å². The van der Waals surface area contributed by atoms with Crippen LogP contribution in [0, 0.1) is 6.92 Å². The number of hydrogen-bond donors (Lipinski definition) is 0. The van der Waals surface area contributed by atoms with Crippen molar-refractivity contribution in [2.24, 2.45) is 0 Å². The summed E-state index contributed by atoms with van der Waals surface area (Å²) in [5.74, 6) is 0.348. The van der Waals surface area contributed by atoms with Gasteiger partial charge < -0.3 is 9.36 Å². The number of amides is 1. The molecule has 1 amide bonds. The zero-order valence-corrected chi connectivity index (χ0v) is 21.6.